The Morgan fingerprint density at radius 3 is 2.43 bits per heavy atom. The number of hydrogen-bond donors (Lipinski definition) is 1. The zero-order valence-corrected chi connectivity index (χ0v) is 13.4. The van der Waals surface area contributed by atoms with Crippen LogP contribution in [0.1, 0.15) is 30.9 Å². The minimum atomic E-state index is -4.46. The van der Waals surface area contributed by atoms with Crippen LogP contribution in [0, 0.1) is 0 Å². The second-order valence-electron chi connectivity index (χ2n) is 5.11. The molecule has 0 aliphatic carbocycles. The van der Waals surface area contributed by atoms with Gasteiger partial charge in [-0.3, -0.25) is 4.68 Å². The van der Waals surface area contributed by atoms with Gasteiger partial charge in [0.1, 0.15) is 5.82 Å². The molecule has 0 bridgehead atoms. The zero-order valence-electron chi connectivity index (χ0n) is 11.8. The largest absolute Gasteiger partial charge is 0.417 e. The minimum absolute atomic E-state index is 0.0292. The Morgan fingerprint density at radius 2 is 1.90 bits per heavy atom. The molecule has 0 radical (unpaired) electrons. The van der Waals surface area contributed by atoms with Gasteiger partial charge in [0.2, 0.25) is 0 Å². The molecule has 1 aromatic carbocycles. The summed E-state index contributed by atoms with van der Waals surface area (Å²) in [5.41, 5.74) is 6.17. The number of hydrogen-bond acceptors (Lipinski definition) is 2. The van der Waals surface area contributed by atoms with Crippen LogP contribution in [0.25, 0.3) is 11.3 Å². The third-order valence-electron chi connectivity index (χ3n) is 3.25. The average Bonchev–Trinajstić information content (AvgIpc) is 2.64. The second-order valence-corrected chi connectivity index (χ2v) is 6.03. The number of halogens is 4. The van der Waals surface area contributed by atoms with Crippen molar-refractivity contribution in [3.8, 4) is 11.3 Å². The first-order valence-electron chi connectivity index (χ1n) is 6.32. The summed E-state index contributed by atoms with van der Waals surface area (Å²) in [7, 11) is 1.62. The molecule has 0 atom stereocenters. The molecule has 0 fully saturated rings. The van der Waals surface area contributed by atoms with Crippen molar-refractivity contribution in [2.24, 2.45) is 7.05 Å². The van der Waals surface area contributed by atoms with E-state index >= 15 is 0 Å². The average molecular weight is 362 g/mol. The lowest BCUT2D eigenvalue weighted by Crippen LogP contribution is -2.08. The molecule has 2 aromatic rings. The molecule has 2 rings (SSSR count). The van der Waals surface area contributed by atoms with E-state index in [0.29, 0.717) is 15.9 Å². The highest BCUT2D eigenvalue weighted by atomic mass is 79.9. The van der Waals surface area contributed by atoms with Crippen LogP contribution in [-0.2, 0) is 13.2 Å². The van der Waals surface area contributed by atoms with Crippen molar-refractivity contribution >= 4 is 21.7 Å². The van der Waals surface area contributed by atoms with Gasteiger partial charge in [0.05, 0.1) is 11.3 Å². The smallest absolute Gasteiger partial charge is 0.384 e. The van der Waals surface area contributed by atoms with Crippen molar-refractivity contribution in [3.05, 3.63) is 33.8 Å². The minimum Gasteiger partial charge on any atom is -0.384 e. The summed E-state index contributed by atoms with van der Waals surface area (Å²) in [6, 6.07) is 4.05. The van der Waals surface area contributed by atoms with Gasteiger partial charge in [-0.25, -0.2) is 0 Å². The molecule has 3 nitrogen and oxygen atoms in total. The monoisotopic (exact) mass is 361 g/mol. The molecule has 0 aliphatic heterocycles. The predicted molar refractivity (Wildman–Crippen MR) is 79.8 cm³/mol. The fourth-order valence-electron chi connectivity index (χ4n) is 2.28. The third-order valence-corrected chi connectivity index (χ3v) is 3.74. The van der Waals surface area contributed by atoms with E-state index in [0.717, 1.165) is 6.07 Å². The molecule has 0 saturated heterocycles. The van der Waals surface area contributed by atoms with E-state index in [2.05, 4.69) is 21.0 Å². The van der Waals surface area contributed by atoms with E-state index in [1.165, 1.54) is 10.7 Å². The summed E-state index contributed by atoms with van der Waals surface area (Å²) in [5, 5.41) is 4.18. The van der Waals surface area contributed by atoms with E-state index in [9.17, 15) is 13.2 Å². The van der Waals surface area contributed by atoms with Crippen LogP contribution in [0.3, 0.4) is 0 Å². The Balaban J connectivity index is 2.77. The van der Waals surface area contributed by atoms with Gasteiger partial charge in [-0.05, 0) is 18.1 Å². The number of nitrogen functional groups attached to an aromatic ring is 1. The van der Waals surface area contributed by atoms with Crippen molar-refractivity contribution in [2.75, 3.05) is 5.73 Å². The molecule has 0 unspecified atom stereocenters. The number of aromatic nitrogens is 2. The molecule has 1 aromatic heterocycles. The Labute approximate surface area is 129 Å². The summed E-state index contributed by atoms with van der Waals surface area (Å²) in [4.78, 5) is 0. The summed E-state index contributed by atoms with van der Waals surface area (Å²) in [6.07, 6.45) is -4.46. The maximum absolute atomic E-state index is 13.3. The van der Waals surface area contributed by atoms with Gasteiger partial charge in [-0.2, -0.15) is 18.3 Å². The molecule has 21 heavy (non-hydrogen) atoms. The first-order chi connectivity index (χ1) is 9.62. The highest BCUT2D eigenvalue weighted by molar-refractivity contribution is 9.10. The van der Waals surface area contributed by atoms with Gasteiger partial charge >= 0.3 is 6.18 Å². The lowest BCUT2D eigenvalue weighted by Gasteiger charge is -2.14. The fraction of sp³-hybridized carbons (Fsp3) is 0.357. The third kappa shape index (κ3) is 2.92. The van der Waals surface area contributed by atoms with Gasteiger partial charge in [-0.1, -0.05) is 35.8 Å². The summed E-state index contributed by atoms with van der Waals surface area (Å²) < 4.78 is 41.6. The highest BCUT2D eigenvalue weighted by Crippen LogP contribution is 2.41. The van der Waals surface area contributed by atoms with Crippen LogP contribution in [-0.4, -0.2) is 9.78 Å². The standard InChI is InChI=1S/C14H15BrF3N3/c1-7(2)11-12(20-21(3)13(11)19)9-5-4-8(15)6-10(9)14(16,17)18/h4-7H,19H2,1-3H3. The second kappa shape index (κ2) is 5.36. The molecule has 0 spiro atoms. The molecule has 7 heteroatoms. The van der Waals surface area contributed by atoms with E-state index in [1.807, 2.05) is 13.8 Å². The van der Waals surface area contributed by atoms with Gasteiger partial charge in [0.25, 0.3) is 0 Å². The van der Waals surface area contributed by atoms with Crippen LogP contribution in [0.2, 0.25) is 0 Å². The lowest BCUT2D eigenvalue weighted by molar-refractivity contribution is -0.137. The fourth-order valence-corrected chi connectivity index (χ4v) is 2.64. The number of anilines is 1. The van der Waals surface area contributed by atoms with E-state index in [-0.39, 0.29) is 17.2 Å². The van der Waals surface area contributed by atoms with Crippen molar-refractivity contribution in [1.82, 2.24) is 9.78 Å². The van der Waals surface area contributed by atoms with Crippen LogP contribution in [0.4, 0.5) is 19.0 Å². The quantitative estimate of drug-likeness (QED) is 0.850. The lowest BCUT2D eigenvalue weighted by atomic mass is 9.95. The maximum atomic E-state index is 13.3. The van der Waals surface area contributed by atoms with E-state index in [4.69, 9.17) is 5.73 Å². The van der Waals surface area contributed by atoms with Crippen LogP contribution >= 0.6 is 15.9 Å². The Kier molecular flexibility index (Phi) is 4.06. The number of benzene rings is 1. The Hall–Kier alpha value is -1.50. The number of nitrogens with zero attached hydrogens (tertiary/aromatic N) is 2. The van der Waals surface area contributed by atoms with Gasteiger partial charge in [0.15, 0.2) is 0 Å². The van der Waals surface area contributed by atoms with E-state index in [1.54, 1.807) is 13.1 Å². The number of aryl methyl sites for hydroxylation is 1. The Bertz CT molecular complexity index is 675. The van der Waals surface area contributed by atoms with Crippen molar-refractivity contribution in [1.29, 1.82) is 0 Å². The van der Waals surface area contributed by atoms with Crippen LogP contribution in [0.15, 0.2) is 22.7 Å². The van der Waals surface area contributed by atoms with Gasteiger partial charge < -0.3 is 5.73 Å². The predicted octanol–water partition coefficient (Wildman–Crippen LogP) is 4.57. The van der Waals surface area contributed by atoms with Crippen molar-refractivity contribution in [2.45, 2.75) is 25.9 Å². The molecule has 114 valence electrons. The first-order valence-corrected chi connectivity index (χ1v) is 7.11. The number of rotatable bonds is 2. The molecule has 0 aliphatic rings. The highest BCUT2D eigenvalue weighted by Gasteiger charge is 2.35. The Morgan fingerprint density at radius 1 is 1.29 bits per heavy atom. The van der Waals surface area contributed by atoms with Gasteiger partial charge in [-0.15, -0.1) is 0 Å². The van der Waals surface area contributed by atoms with Gasteiger partial charge in [0, 0.05) is 22.6 Å². The number of nitrogens with two attached hydrogens (primary N) is 1. The van der Waals surface area contributed by atoms with Crippen LogP contribution in [0.5, 0.6) is 0 Å². The summed E-state index contributed by atoms with van der Waals surface area (Å²) in [6.45, 7) is 3.76. The number of alkyl halides is 3. The molecule has 0 amide bonds. The van der Waals surface area contributed by atoms with E-state index < -0.39 is 11.7 Å². The van der Waals surface area contributed by atoms with Crippen molar-refractivity contribution in [3.63, 3.8) is 0 Å². The zero-order chi connectivity index (χ0) is 15.9. The molecule has 1 heterocycles. The van der Waals surface area contributed by atoms with Crippen LogP contribution < -0.4 is 5.73 Å². The molecular formula is C14H15BrF3N3. The SMILES string of the molecule is CC(C)c1c(-c2ccc(Br)cc2C(F)(F)F)nn(C)c1N. The molecular weight excluding hydrogens is 347 g/mol. The summed E-state index contributed by atoms with van der Waals surface area (Å²) in [5.74, 6) is 0.356. The molecule has 0 saturated carbocycles. The summed E-state index contributed by atoms with van der Waals surface area (Å²) >= 11 is 3.08. The maximum Gasteiger partial charge on any atom is 0.417 e. The molecule has 2 N–H and O–H groups in total. The normalized spacial score (nSPS) is 12.2. The van der Waals surface area contributed by atoms with Crippen molar-refractivity contribution < 1.29 is 13.2 Å². The first kappa shape index (κ1) is 15.9. The topological polar surface area (TPSA) is 43.8 Å².